The molecule has 1 N–H and O–H groups in total. The molecule has 2 rings (SSSR count). The van der Waals surface area contributed by atoms with Crippen LogP contribution in [-0.4, -0.2) is 28.2 Å². The molecule has 1 aliphatic carbocycles. The fourth-order valence-electron chi connectivity index (χ4n) is 2.68. The molecule has 5 heteroatoms. The summed E-state index contributed by atoms with van der Waals surface area (Å²) in [5.41, 5.74) is 0.689. The van der Waals surface area contributed by atoms with Gasteiger partial charge in [0.15, 0.2) is 0 Å². The Kier molecular flexibility index (Phi) is 4.12. The number of aromatic nitrogens is 2. The van der Waals surface area contributed by atoms with Gasteiger partial charge in [0.1, 0.15) is 5.69 Å². The highest BCUT2D eigenvalue weighted by molar-refractivity contribution is 5.71. The topological polar surface area (TPSA) is 72.3 Å². The zero-order valence-corrected chi connectivity index (χ0v) is 10.5. The van der Waals surface area contributed by atoms with Crippen molar-refractivity contribution in [2.75, 3.05) is 7.11 Å². The third-order valence-corrected chi connectivity index (χ3v) is 3.57. The van der Waals surface area contributed by atoms with E-state index >= 15 is 0 Å². The van der Waals surface area contributed by atoms with Crippen molar-refractivity contribution in [3.05, 3.63) is 18.1 Å². The van der Waals surface area contributed by atoms with Gasteiger partial charge in [-0.05, 0) is 12.8 Å². The molecule has 0 amide bonds. The molecule has 0 spiro atoms. The Morgan fingerprint density at radius 2 is 2.00 bits per heavy atom. The lowest BCUT2D eigenvalue weighted by atomic mass is 9.85. The molecule has 18 heavy (non-hydrogen) atoms. The van der Waals surface area contributed by atoms with Crippen molar-refractivity contribution in [3.8, 4) is 5.88 Å². The van der Waals surface area contributed by atoms with Gasteiger partial charge in [-0.25, -0.2) is 4.98 Å². The molecule has 2 atom stereocenters. The van der Waals surface area contributed by atoms with Gasteiger partial charge in [-0.2, -0.15) is 0 Å². The average molecular weight is 250 g/mol. The minimum atomic E-state index is -0.741. The standard InChI is InChI=1S/C13H18N2O3/c1-18-12-11(14-7-8-15-12)9-5-3-2-4-6-10(9)13(16)17/h7-10H,2-6H2,1H3,(H,16,17). The lowest BCUT2D eigenvalue weighted by Gasteiger charge is -2.21. The van der Waals surface area contributed by atoms with Crippen LogP contribution in [0.1, 0.15) is 43.7 Å². The van der Waals surface area contributed by atoms with Gasteiger partial charge in [-0.1, -0.05) is 19.3 Å². The van der Waals surface area contributed by atoms with Crippen LogP contribution >= 0.6 is 0 Å². The van der Waals surface area contributed by atoms with Crippen molar-refractivity contribution in [2.24, 2.45) is 5.92 Å². The number of methoxy groups -OCH3 is 1. The number of hydrogen-bond acceptors (Lipinski definition) is 4. The van der Waals surface area contributed by atoms with E-state index in [1.165, 1.54) is 0 Å². The van der Waals surface area contributed by atoms with E-state index in [1.54, 1.807) is 19.5 Å². The van der Waals surface area contributed by atoms with Crippen molar-refractivity contribution in [2.45, 2.75) is 38.0 Å². The maximum absolute atomic E-state index is 11.4. The van der Waals surface area contributed by atoms with Gasteiger partial charge in [-0.3, -0.25) is 9.78 Å². The highest BCUT2D eigenvalue weighted by atomic mass is 16.5. The Balaban J connectivity index is 2.34. The fourth-order valence-corrected chi connectivity index (χ4v) is 2.68. The molecule has 1 saturated carbocycles. The quantitative estimate of drug-likeness (QED) is 0.833. The molecule has 0 aromatic carbocycles. The van der Waals surface area contributed by atoms with Crippen LogP contribution in [0.15, 0.2) is 12.4 Å². The van der Waals surface area contributed by atoms with E-state index in [1.807, 2.05) is 0 Å². The Bertz CT molecular complexity index is 422. The third-order valence-electron chi connectivity index (χ3n) is 3.57. The van der Waals surface area contributed by atoms with E-state index in [0.29, 0.717) is 18.0 Å². The molecule has 1 heterocycles. The van der Waals surface area contributed by atoms with Gasteiger partial charge in [0.05, 0.1) is 13.0 Å². The summed E-state index contributed by atoms with van der Waals surface area (Å²) in [6.07, 6.45) is 7.80. The van der Waals surface area contributed by atoms with Crippen LogP contribution in [0.5, 0.6) is 5.88 Å². The Hall–Kier alpha value is -1.65. The summed E-state index contributed by atoms with van der Waals surface area (Å²) in [5.74, 6) is -0.753. The Morgan fingerprint density at radius 1 is 1.28 bits per heavy atom. The molecule has 5 nitrogen and oxygen atoms in total. The molecule has 0 saturated heterocycles. The first-order chi connectivity index (χ1) is 8.74. The second-order valence-corrected chi connectivity index (χ2v) is 4.64. The van der Waals surface area contributed by atoms with Crippen molar-refractivity contribution in [3.63, 3.8) is 0 Å². The first-order valence-corrected chi connectivity index (χ1v) is 6.31. The third kappa shape index (κ3) is 2.60. The van der Waals surface area contributed by atoms with Crippen molar-refractivity contribution >= 4 is 5.97 Å². The van der Waals surface area contributed by atoms with Crippen LogP contribution in [0.2, 0.25) is 0 Å². The SMILES string of the molecule is COc1nccnc1C1CCCCCC1C(=O)O. The minimum Gasteiger partial charge on any atom is -0.481 e. The fraction of sp³-hybridized carbons (Fsp3) is 0.615. The molecule has 0 aliphatic heterocycles. The van der Waals surface area contributed by atoms with Crippen LogP contribution < -0.4 is 4.74 Å². The van der Waals surface area contributed by atoms with Crippen LogP contribution in [0.25, 0.3) is 0 Å². The van der Waals surface area contributed by atoms with Gasteiger partial charge in [-0.15, -0.1) is 0 Å². The monoisotopic (exact) mass is 250 g/mol. The van der Waals surface area contributed by atoms with Crippen LogP contribution in [0.3, 0.4) is 0 Å². The Labute approximate surface area is 106 Å². The maximum atomic E-state index is 11.4. The molecule has 0 bridgehead atoms. The molecule has 2 unspecified atom stereocenters. The number of carboxylic acid groups (broad SMARTS) is 1. The lowest BCUT2D eigenvalue weighted by molar-refractivity contribution is -0.142. The number of hydrogen-bond donors (Lipinski definition) is 1. The summed E-state index contributed by atoms with van der Waals surface area (Å²) in [6, 6.07) is 0. The van der Waals surface area contributed by atoms with Crippen LogP contribution in [0, 0.1) is 5.92 Å². The smallest absolute Gasteiger partial charge is 0.307 e. The zero-order valence-electron chi connectivity index (χ0n) is 10.5. The van der Waals surface area contributed by atoms with Gasteiger partial charge in [0.2, 0.25) is 5.88 Å². The molecule has 1 aromatic rings. The number of rotatable bonds is 3. The van der Waals surface area contributed by atoms with E-state index < -0.39 is 5.97 Å². The second kappa shape index (κ2) is 5.80. The first kappa shape index (κ1) is 12.8. The highest BCUT2D eigenvalue weighted by Gasteiger charge is 2.33. The predicted octanol–water partition coefficient (Wildman–Crippen LogP) is 2.23. The summed E-state index contributed by atoms with van der Waals surface area (Å²) in [7, 11) is 1.54. The summed E-state index contributed by atoms with van der Waals surface area (Å²) in [4.78, 5) is 19.8. The molecular formula is C13H18N2O3. The normalized spacial score (nSPS) is 24.3. The first-order valence-electron chi connectivity index (χ1n) is 6.31. The van der Waals surface area contributed by atoms with E-state index in [4.69, 9.17) is 4.74 Å². The van der Waals surface area contributed by atoms with Crippen molar-refractivity contribution in [1.82, 2.24) is 9.97 Å². The minimum absolute atomic E-state index is 0.0892. The van der Waals surface area contributed by atoms with Gasteiger partial charge in [0, 0.05) is 18.3 Å². The number of aliphatic carboxylic acids is 1. The van der Waals surface area contributed by atoms with E-state index in [0.717, 1.165) is 25.7 Å². The number of ether oxygens (including phenoxy) is 1. The number of nitrogens with zero attached hydrogens (tertiary/aromatic N) is 2. The highest BCUT2D eigenvalue weighted by Crippen LogP contribution is 2.38. The summed E-state index contributed by atoms with van der Waals surface area (Å²) >= 11 is 0. The van der Waals surface area contributed by atoms with E-state index in [9.17, 15) is 9.90 Å². The number of carboxylic acids is 1. The van der Waals surface area contributed by atoms with Crippen LogP contribution in [0.4, 0.5) is 0 Å². The second-order valence-electron chi connectivity index (χ2n) is 4.64. The molecular weight excluding hydrogens is 232 g/mol. The Morgan fingerprint density at radius 3 is 2.72 bits per heavy atom. The molecule has 1 aliphatic rings. The molecule has 98 valence electrons. The molecule has 1 aromatic heterocycles. The lowest BCUT2D eigenvalue weighted by Crippen LogP contribution is -2.22. The average Bonchev–Trinajstić information content (AvgIpc) is 2.64. The summed E-state index contributed by atoms with van der Waals surface area (Å²) < 4.78 is 5.20. The molecule has 0 radical (unpaired) electrons. The van der Waals surface area contributed by atoms with Gasteiger partial charge < -0.3 is 9.84 Å². The summed E-state index contributed by atoms with van der Waals surface area (Å²) in [6.45, 7) is 0. The summed E-state index contributed by atoms with van der Waals surface area (Å²) in [5, 5.41) is 9.37. The van der Waals surface area contributed by atoms with Crippen molar-refractivity contribution < 1.29 is 14.6 Å². The van der Waals surface area contributed by atoms with E-state index in [2.05, 4.69) is 9.97 Å². The van der Waals surface area contributed by atoms with Crippen LogP contribution in [-0.2, 0) is 4.79 Å². The van der Waals surface area contributed by atoms with E-state index in [-0.39, 0.29) is 11.8 Å². The molecule has 1 fully saturated rings. The predicted molar refractivity (Wildman–Crippen MR) is 65.5 cm³/mol. The van der Waals surface area contributed by atoms with Crippen molar-refractivity contribution in [1.29, 1.82) is 0 Å². The zero-order chi connectivity index (χ0) is 13.0. The number of carbonyl (C=O) groups is 1. The van der Waals surface area contributed by atoms with Gasteiger partial charge >= 0.3 is 5.97 Å². The van der Waals surface area contributed by atoms with Gasteiger partial charge in [0.25, 0.3) is 0 Å². The maximum Gasteiger partial charge on any atom is 0.307 e. The largest absolute Gasteiger partial charge is 0.481 e.